The highest BCUT2D eigenvalue weighted by Gasteiger charge is 2.17. The second kappa shape index (κ2) is 3.55. The number of hydrogen-bond donors (Lipinski definition) is 2. The van der Waals surface area contributed by atoms with Gasteiger partial charge in [-0.25, -0.2) is 4.98 Å². The van der Waals surface area contributed by atoms with E-state index in [2.05, 4.69) is 15.3 Å². The fourth-order valence-corrected chi connectivity index (χ4v) is 1.94. The van der Waals surface area contributed by atoms with Crippen LogP contribution in [0.4, 0.5) is 0 Å². The summed E-state index contributed by atoms with van der Waals surface area (Å²) in [6, 6.07) is 3.95. The molecule has 4 nitrogen and oxygen atoms in total. The quantitative estimate of drug-likeness (QED) is 0.773. The molecule has 0 aromatic carbocycles. The lowest BCUT2D eigenvalue weighted by Crippen LogP contribution is -2.19. The van der Waals surface area contributed by atoms with Crippen LogP contribution in [-0.4, -0.2) is 29.2 Å². The van der Waals surface area contributed by atoms with Crippen molar-refractivity contribution in [1.29, 1.82) is 0 Å². The van der Waals surface area contributed by atoms with Crippen molar-refractivity contribution >= 4 is 11.0 Å². The van der Waals surface area contributed by atoms with Gasteiger partial charge >= 0.3 is 0 Å². The van der Waals surface area contributed by atoms with E-state index in [1.54, 1.807) is 6.20 Å². The Hall–Kier alpha value is -1.55. The highest BCUT2D eigenvalue weighted by Crippen LogP contribution is 2.25. The summed E-state index contributed by atoms with van der Waals surface area (Å²) in [6.45, 7) is 1.98. The SMILES string of the molecule is c1cnc2[nH]cc(OC3CCNC3)c2c1. The molecule has 0 bridgehead atoms. The third kappa shape index (κ3) is 1.57. The van der Waals surface area contributed by atoms with E-state index in [0.717, 1.165) is 36.3 Å². The van der Waals surface area contributed by atoms with Crippen LogP contribution in [0.2, 0.25) is 0 Å². The van der Waals surface area contributed by atoms with Crippen molar-refractivity contribution in [3.05, 3.63) is 24.5 Å². The number of aromatic nitrogens is 2. The Morgan fingerprint density at radius 2 is 2.47 bits per heavy atom. The highest BCUT2D eigenvalue weighted by molar-refractivity contribution is 5.82. The maximum Gasteiger partial charge on any atom is 0.146 e. The zero-order valence-electron chi connectivity index (χ0n) is 8.36. The molecule has 1 saturated heterocycles. The standard InChI is InChI=1S/C11H13N3O/c1-2-9-10(7-14-11(9)13-4-1)15-8-3-5-12-6-8/h1-2,4,7-8,12H,3,5-6H2,(H,13,14). The minimum atomic E-state index is 0.296. The fraction of sp³-hybridized carbons (Fsp3) is 0.364. The highest BCUT2D eigenvalue weighted by atomic mass is 16.5. The van der Waals surface area contributed by atoms with Crippen molar-refractivity contribution in [2.75, 3.05) is 13.1 Å². The van der Waals surface area contributed by atoms with Crippen LogP contribution in [-0.2, 0) is 0 Å². The Morgan fingerprint density at radius 1 is 1.47 bits per heavy atom. The Bertz CT molecular complexity index is 460. The van der Waals surface area contributed by atoms with Crippen LogP contribution in [0.15, 0.2) is 24.5 Å². The number of nitrogens with one attached hydrogen (secondary N) is 2. The lowest BCUT2D eigenvalue weighted by atomic mass is 10.3. The number of H-pyrrole nitrogens is 1. The molecule has 0 saturated carbocycles. The predicted octanol–water partition coefficient (Wildman–Crippen LogP) is 1.30. The van der Waals surface area contributed by atoms with E-state index in [1.807, 2.05) is 18.3 Å². The first kappa shape index (κ1) is 8.73. The average molecular weight is 203 g/mol. The van der Waals surface area contributed by atoms with Gasteiger partial charge in [0.25, 0.3) is 0 Å². The molecule has 2 aromatic rings. The van der Waals surface area contributed by atoms with E-state index in [9.17, 15) is 0 Å². The molecule has 0 aliphatic carbocycles. The molecule has 3 heterocycles. The molecule has 0 spiro atoms. The van der Waals surface area contributed by atoms with E-state index in [0.29, 0.717) is 6.10 Å². The van der Waals surface area contributed by atoms with Crippen LogP contribution < -0.4 is 10.1 Å². The second-order valence-corrected chi connectivity index (χ2v) is 3.79. The first-order chi connectivity index (χ1) is 7.43. The summed E-state index contributed by atoms with van der Waals surface area (Å²) >= 11 is 0. The molecule has 1 aliphatic heterocycles. The molecule has 1 aliphatic rings. The van der Waals surface area contributed by atoms with Gasteiger partial charge in [-0.3, -0.25) is 0 Å². The molecule has 0 amide bonds. The zero-order chi connectivity index (χ0) is 10.1. The summed E-state index contributed by atoms with van der Waals surface area (Å²) in [7, 11) is 0. The summed E-state index contributed by atoms with van der Waals surface area (Å²) in [5, 5.41) is 4.34. The molecule has 3 rings (SSSR count). The van der Waals surface area contributed by atoms with Gasteiger partial charge in [-0.05, 0) is 25.1 Å². The molecule has 0 radical (unpaired) electrons. The van der Waals surface area contributed by atoms with E-state index in [4.69, 9.17) is 4.74 Å². The summed E-state index contributed by atoms with van der Waals surface area (Å²) in [6.07, 6.45) is 5.03. The Kier molecular flexibility index (Phi) is 2.07. The fourth-order valence-electron chi connectivity index (χ4n) is 1.94. The van der Waals surface area contributed by atoms with Crippen LogP contribution in [0.3, 0.4) is 0 Å². The van der Waals surface area contributed by atoms with Gasteiger partial charge in [0, 0.05) is 18.9 Å². The number of rotatable bonds is 2. The molecular formula is C11H13N3O. The van der Waals surface area contributed by atoms with Gasteiger partial charge in [0.15, 0.2) is 0 Å². The van der Waals surface area contributed by atoms with Crippen LogP contribution in [0, 0.1) is 0 Å². The molecule has 4 heteroatoms. The minimum absolute atomic E-state index is 0.296. The van der Waals surface area contributed by atoms with Gasteiger partial charge in [0.05, 0.1) is 5.39 Å². The summed E-state index contributed by atoms with van der Waals surface area (Å²) in [5.74, 6) is 0.909. The zero-order valence-corrected chi connectivity index (χ0v) is 8.36. The van der Waals surface area contributed by atoms with Crippen molar-refractivity contribution in [3.8, 4) is 5.75 Å². The molecule has 1 atom stereocenters. The third-order valence-electron chi connectivity index (χ3n) is 2.72. The van der Waals surface area contributed by atoms with Crippen molar-refractivity contribution in [1.82, 2.24) is 15.3 Å². The van der Waals surface area contributed by atoms with E-state index < -0.39 is 0 Å². The summed E-state index contributed by atoms with van der Waals surface area (Å²) in [5.41, 5.74) is 0.887. The Balaban J connectivity index is 1.90. The molecule has 15 heavy (non-hydrogen) atoms. The molecule has 2 N–H and O–H groups in total. The smallest absolute Gasteiger partial charge is 0.146 e. The van der Waals surface area contributed by atoms with E-state index >= 15 is 0 Å². The topological polar surface area (TPSA) is 49.9 Å². The number of hydrogen-bond acceptors (Lipinski definition) is 3. The Labute approximate surface area is 87.7 Å². The third-order valence-corrected chi connectivity index (χ3v) is 2.72. The molecule has 1 unspecified atom stereocenters. The van der Waals surface area contributed by atoms with Gasteiger partial charge in [0.1, 0.15) is 17.5 Å². The number of aromatic amines is 1. The van der Waals surface area contributed by atoms with Crippen LogP contribution >= 0.6 is 0 Å². The number of nitrogens with zero attached hydrogens (tertiary/aromatic N) is 1. The summed E-state index contributed by atoms with van der Waals surface area (Å²) < 4.78 is 5.89. The van der Waals surface area contributed by atoms with Gasteiger partial charge in [-0.1, -0.05) is 0 Å². The lowest BCUT2D eigenvalue weighted by molar-refractivity contribution is 0.226. The molecule has 78 valence electrons. The maximum absolute atomic E-state index is 5.89. The number of ether oxygens (including phenoxy) is 1. The van der Waals surface area contributed by atoms with Gasteiger partial charge < -0.3 is 15.0 Å². The van der Waals surface area contributed by atoms with Crippen molar-refractivity contribution in [2.45, 2.75) is 12.5 Å². The lowest BCUT2D eigenvalue weighted by Gasteiger charge is -2.10. The largest absolute Gasteiger partial charge is 0.487 e. The normalized spacial score (nSPS) is 20.9. The second-order valence-electron chi connectivity index (χ2n) is 3.79. The predicted molar refractivity (Wildman–Crippen MR) is 58.0 cm³/mol. The van der Waals surface area contributed by atoms with E-state index in [1.165, 1.54) is 0 Å². The van der Waals surface area contributed by atoms with Crippen molar-refractivity contribution < 1.29 is 4.74 Å². The van der Waals surface area contributed by atoms with Gasteiger partial charge in [-0.15, -0.1) is 0 Å². The monoisotopic (exact) mass is 203 g/mol. The molecule has 1 fully saturated rings. The van der Waals surface area contributed by atoms with Crippen molar-refractivity contribution in [2.24, 2.45) is 0 Å². The number of fused-ring (bicyclic) bond motifs is 1. The maximum atomic E-state index is 5.89. The van der Waals surface area contributed by atoms with Crippen molar-refractivity contribution in [3.63, 3.8) is 0 Å². The van der Waals surface area contributed by atoms with Gasteiger partial charge in [-0.2, -0.15) is 0 Å². The number of pyridine rings is 1. The minimum Gasteiger partial charge on any atom is -0.487 e. The van der Waals surface area contributed by atoms with E-state index in [-0.39, 0.29) is 0 Å². The average Bonchev–Trinajstić information content (AvgIpc) is 2.89. The molecular weight excluding hydrogens is 190 g/mol. The van der Waals surface area contributed by atoms with Gasteiger partial charge in [0.2, 0.25) is 0 Å². The van der Waals surface area contributed by atoms with Crippen LogP contribution in [0.25, 0.3) is 11.0 Å². The van der Waals surface area contributed by atoms with Crippen LogP contribution in [0.1, 0.15) is 6.42 Å². The molecule has 2 aromatic heterocycles. The first-order valence-corrected chi connectivity index (χ1v) is 5.23. The first-order valence-electron chi connectivity index (χ1n) is 5.23. The Morgan fingerprint density at radius 3 is 3.33 bits per heavy atom. The summed E-state index contributed by atoms with van der Waals surface area (Å²) in [4.78, 5) is 7.33. The van der Waals surface area contributed by atoms with Crippen LogP contribution in [0.5, 0.6) is 5.75 Å².